The Morgan fingerprint density at radius 1 is 1.61 bits per heavy atom. The van der Waals surface area contributed by atoms with Gasteiger partial charge in [-0.1, -0.05) is 6.92 Å². The van der Waals surface area contributed by atoms with Crippen LogP contribution >= 0.6 is 11.8 Å². The van der Waals surface area contributed by atoms with E-state index < -0.39 is 4.92 Å². The Morgan fingerprint density at radius 2 is 2.39 bits per heavy atom. The fourth-order valence-corrected chi connectivity index (χ4v) is 3.05. The summed E-state index contributed by atoms with van der Waals surface area (Å²) in [5.74, 6) is 1.02. The smallest absolute Gasteiger partial charge is 0.270 e. The second-order valence-corrected chi connectivity index (χ2v) is 5.74. The molecule has 0 spiro atoms. The molecule has 1 aliphatic rings. The van der Waals surface area contributed by atoms with Gasteiger partial charge in [-0.15, -0.1) is 0 Å². The van der Waals surface area contributed by atoms with Crippen molar-refractivity contribution in [1.82, 2.24) is 0 Å². The van der Waals surface area contributed by atoms with E-state index in [1.807, 2.05) is 11.8 Å². The summed E-state index contributed by atoms with van der Waals surface area (Å²) in [4.78, 5) is 12.3. The Balaban J connectivity index is 2.33. The van der Waals surface area contributed by atoms with Gasteiger partial charge in [0.05, 0.1) is 16.2 Å². The lowest BCUT2D eigenvalue weighted by atomic mass is 10.1. The molecule has 0 amide bonds. The average molecular weight is 263 g/mol. The molecule has 0 aliphatic carbocycles. The highest BCUT2D eigenvalue weighted by Crippen LogP contribution is 2.28. The maximum atomic E-state index is 10.7. The number of nitriles is 1. The van der Waals surface area contributed by atoms with Gasteiger partial charge in [-0.2, -0.15) is 17.0 Å². The number of non-ortho nitro benzene ring substituents is 1. The van der Waals surface area contributed by atoms with Crippen LogP contribution in [0.15, 0.2) is 18.2 Å². The van der Waals surface area contributed by atoms with Crippen molar-refractivity contribution in [2.75, 3.05) is 23.7 Å². The van der Waals surface area contributed by atoms with E-state index in [9.17, 15) is 10.1 Å². The lowest BCUT2D eigenvalue weighted by molar-refractivity contribution is -0.384. The Labute approximate surface area is 110 Å². The number of thioether (sulfide) groups is 1. The monoisotopic (exact) mass is 263 g/mol. The van der Waals surface area contributed by atoms with Gasteiger partial charge < -0.3 is 4.90 Å². The molecular weight excluding hydrogens is 250 g/mol. The Morgan fingerprint density at radius 3 is 3.00 bits per heavy atom. The lowest BCUT2D eigenvalue weighted by Crippen LogP contribution is -2.37. The number of hydrogen-bond donors (Lipinski definition) is 0. The van der Waals surface area contributed by atoms with E-state index in [2.05, 4.69) is 17.9 Å². The summed E-state index contributed by atoms with van der Waals surface area (Å²) in [6.45, 7) is 3.90. The zero-order valence-corrected chi connectivity index (χ0v) is 10.8. The fourth-order valence-electron chi connectivity index (χ4n) is 2.04. The third-order valence-corrected chi connectivity index (χ3v) is 4.03. The molecule has 1 aliphatic heterocycles. The molecule has 1 aromatic carbocycles. The molecule has 1 heterocycles. The molecule has 6 heteroatoms. The molecular formula is C12H13N3O2S. The first-order valence-corrected chi connectivity index (χ1v) is 6.72. The van der Waals surface area contributed by atoms with E-state index in [1.54, 1.807) is 6.07 Å². The van der Waals surface area contributed by atoms with Crippen LogP contribution in [0.3, 0.4) is 0 Å². The number of nitrogens with zero attached hydrogens (tertiary/aromatic N) is 3. The van der Waals surface area contributed by atoms with Crippen molar-refractivity contribution in [3.63, 3.8) is 0 Å². The summed E-state index contributed by atoms with van der Waals surface area (Å²) in [5.41, 5.74) is 1.15. The van der Waals surface area contributed by atoms with Crippen molar-refractivity contribution >= 4 is 23.1 Å². The van der Waals surface area contributed by atoms with Gasteiger partial charge in [-0.3, -0.25) is 10.1 Å². The minimum atomic E-state index is -0.473. The summed E-state index contributed by atoms with van der Waals surface area (Å²) in [6, 6.07) is 6.54. The van der Waals surface area contributed by atoms with Crippen LogP contribution in [0.2, 0.25) is 0 Å². The lowest BCUT2D eigenvalue weighted by Gasteiger charge is -2.32. The highest BCUT2D eigenvalue weighted by Gasteiger charge is 2.20. The van der Waals surface area contributed by atoms with E-state index in [0.29, 0.717) is 10.8 Å². The Bertz CT molecular complexity index is 513. The molecule has 94 valence electrons. The maximum Gasteiger partial charge on any atom is 0.270 e. The molecule has 0 saturated carbocycles. The highest BCUT2D eigenvalue weighted by atomic mass is 32.2. The number of hydrogen-bond acceptors (Lipinski definition) is 5. The fraction of sp³-hybridized carbons (Fsp3) is 0.417. The van der Waals surface area contributed by atoms with Crippen LogP contribution in [0.5, 0.6) is 0 Å². The molecule has 5 nitrogen and oxygen atoms in total. The van der Waals surface area contributed by atoms with Gasteiger partial charge in [0, 0.05) is 36.2 Å². The van der Waals surface area contributed by atoms with Crippen LogP contribution in [-0.4, -0.2) is 29.0 Å². The van der Waals surface area contributed by atoms with Crippen LogP contribution in [0.1, 0.15) is 12.5 Å². The Hall–Kier alpha value is -1.74. The predicted molar refractivity (Wildman–Crippen MR) is 71.9 cm³/mol. The molecule has 1 unspecified atom stereocenters. The third-order valence-electron chi connectivity index (χ3n) is 2.89. The van der Waals surface area contributed by atoms with Gasteiger partial charge in [0.15, 0.2) is 0 Å². The summed E-state index contributed by atoms with van der Waals surface area (Å²) in [6.07, 6.45) is 0. The normalized spacial score (nSPS) is 19.3. The molecule has 1 aromatic rings. The van der Waals surface area contributed by atoms with Crippen LogP contribution in [0.4, 0.5) is 11.4 Å². The van der Waals surface area contributed by atoms with E-state index in [1.165, 1.54) is 12.1 Å². The molecule has 0 aromatic heterocycles. The van der Waals surface area contributed by atoms with Crippen molar-refractivity contribution < 1.29 is 4.92 Å². The van der Waals surface area contributed by atoms with Gasteiger partial charge in [0.2, 0.25) is 0 Å². The minimum Gasteiger partial charge on any atom is -0.369 e. The molecule has 2 rings (SSSR count). The molecule has 1 saturated heterocycles. The molecule has 1 atom stereocenters. The third kappa shape index (κ3) is 2.57. The topological polar surface area (TPSA) is 70.2 Å². The first-order chi connectivity index (χ1) is 8.61. The van der Waals surface area contributed by atoms with Crippen molar-refractivity contribution in [2.24, 2.45) is 0 Å². The highest BCUT2D eigenvalue weighted by molar-refractivity contribution is 8.00. The van der Waals surface area contributed by atoms with Crippen molar-refractivity contribution in [3.05, 3.63) is 33.9 Å². The standard InChI is InChI=1S/C12H13N3O2S/c1-9-8-14(4-5-18-9)12-3-2-11(15(16)17)6-10(12)7-13/h2-3,6,9H,4-5,8H2,1H3. The Kier molecular flexibility index (Phi) is 3.72. The second-order valence-electron chi connectivity index (χ2n) is 4.20. The van der Waals surface area contributed by atoms with E-state index in [0.717, 1.165) is 24.5 Å². The number of nitro benzene ring substituents is 1. The average Bonchev–Trinajstić information content (AvgIpc) is 2.37. The molecule has 18 heavy (non-hydrogen) atoms. The van der Waals surface area contributed by atoms with E-state index in [-0.39, 0.29) is 5.69 Å². The predicted octanol–water partition coefficient (Wildman–Crippen LogP) is 2.41. The summed E-state index contributed by atoms with van der Waals surface area (Å²) in [5, 5.41) is 20.3. The summed E-state index contributed by atoms with van der Waals surface area (Å²) < 4.78 is 0. The van der Waals surface area contributed by atoms with Crippen LogP contribution in [-0.2, 0) is 0 Å². The maximum absolute atomic E-state index is 10.7. The number of anilines is 1. The largest absolute Gasteiger partial charge is 0.369 e. The first kappa shape index (κ1) is 12.7. The van der Waals surface area contributed by atoms with Crippen molar-refractivity contribution in [3.8, 4) is 6.07 Å². The zero-order chi connectivity index (χ0) is 13.1. The van der Waals surface area contributed by atoms with Crippen molar-refractivity contribution in [2.45, 2.75) is 12.2 Å². The van der Waals surface area contributed by atoms with Crippen LogP contribution < -0.4 is 4.90 Å². The quantitative estimate of drug-likeness (QED) is 0.605. The number of rotatable bonds is 2. The molecule has 0 N–H and O–H groups in total. The second kappa shape index (κ2) is 5.27. The molecule has 0 bridgehead atoms. The van der Waals surface area contributed by atoms with Crippen LogP contribution in [0.25, 0.3) is 0 Å². The molecule has 1 fully saturated rings. The first-order valence-electron chi connectivity index (χ1n) is 5.67. The number of nitro groups is 1. The SMILES string of the molecule is CC1CN(c2ccc([N+](=O)[O-])cc2C#N)CCS1. The van der Waals surface area contributed by atoms with Gasteiger partial charge >= 0.3 is 0 Å². The van der Waals surface area contributed by atoms with Gasteiger partial charge in [0.25, 0.3) is 5.69 Å². The van der Waals surface area contributed by atoms with E-state index >= 15 is 0 Å². The summed E-state index contributed by atoms with van der Waals surface area (Å²) in [7, 11) is 0. The minimum absolute atomic E-state index is 0.0327. The van der Waals surface area contributed by atoms with Gasteiger partial charge in [-0.05, 0) is 6.07 Å². The summed E-state index contributed by atoms with van der Waals surface area (Å²) >= 11 is 1.91. The van der Waals surface area contributed by atoms with Crippen LogP contribution in [0, 0.1) is 21.4 Å². The zero-order valence-electron chi connectivity index (χ0n) is 10.00. The number of benzene rings is 1. The molecule has 0 radical (unpaired) electrons. The van der Waals surface area contributed by atoms with E-state index in [4.69, 9.17) is 5.26 Å². The van der Waals surface area contributed by atoms with Gasteiger partial charge in [-0.25, -0.2) is 0 Å². The van der Waals surface area contributed by atoms with Crippen molar-refractivity contribution in [1.29, 1.82) is 5.26 Å². The van der Waals surface area contributed by atoms with Gasteiger partial charge in [0.1, 0.15) is 6.07 Å².